The van der Waals surface area contributed by atoms with Gasteiger partial charge in [0.1, 0.15) is 26.6 Å². The lowest BCUT2D eigenvalue weighted by molar-refractivity contribution is -0.0504. The summed E-state index contributed by atoms with van der Waals surface area (Å²) in [5, 5.41) is 16.7. The van der Waals surface area contributed by atoms with Gasteiger partial charge in [-0.05, 0) is 12.8 Å². The summed E-state index contributed by atoms with van der Waals surface area (Å²) in [6, 6.07) is 0. The average Bonchev–Trinajstić information content (AvgIpc) is 2.78. The van der Waals surface area contributed by atoms with E-state index in [-0.39, 0.29) is 11.2 Å². The highest BCUT2D eigenvalue weighted by atomic mass is 32.1. The maximum absolute atomic E-state index is 11.8. The predicted octanol–water partition coefficient (Wildman–Crippen LogP) is -0.941. The number of hydrogen-bond donors (Lipinski definition) is 3. The molecule has 1 aromatic heterocycles. The molecule has 0 bridgehead atoms. The SMILES string of the molecule is [B]C([B])(O)C1CCC(n2cc(CO)c(=S)[nH]c2=O)O1. The molecular formula is C10H12B2N2O4S. The summed E-state index contributed by atoms with van der Waals surface area (Å²) < 4.78 is 6.92. The van der Waals surface area contributed by atoms with Crippen LogP contribution in [0.15, 0.2) is 11.0 Å². The molecule has 0 amide bonds. The largest absolute Gasteiger partial charge is 0.407 e. The molecular weight excluding hydrogens is 266 g/mol. The molecule has 2 unspecified atom stereocenters. The molecule has 0 spiro atoms. The van der Waals surface area contributed by atoms with Gasteiger partial charge in [0.05, 0.1) is 12.7 Å². The van der Waals surface area contributed by atoms with Gasteiger partial charge in [-0.15, -0.1) is 0 Å². The maximum Gasteiger partial charge on any atom is 0.328 e. The molecule has 4 radical (unpaired) electrons. The zero-order chi connectivity index (χ0) is 14.2. The monoisotopic (exact) mass is 278 g/mol. The van der Waals surface area contributed by atoms with Crippen LogP contribution in [-0.2, 0) is 11.3 Å². The minimum Gasteiger partial charge on any atom is -0.407 e. The van der Waals surface area contributed by atoms with Crippen molar-refractivity contribution in [1.29, 1.82) is 0 Å². The normalized spacial score (nSPS) is 23.7. The number of aliphatic hydroxyl groups is 2. The third-order valence-corrected chi connectivity index (χ3v) is 3.40. The molecule has 1 saturated heterocycles. The predicted molar refractivity (Wildman–Crippen MR) is 71.4 cm³/mol. The molecule has 0 aliphatic carbocycles. The van der Waals surface area contributed by atoms with Crippen molar-refractivity contribution in [2.75, 3.05) is 0 Å². The first kappa shape index (κ1) is 14.5. The Morgan fingerprint density at radius 2 is 2.26 bits per heavy atom. The highest BCUT2D eigenvalue weighted by molar-refractivity contribution is 7.71. The number of nitrogens with zero attached hydrogens (tertiary/aromatic N) is 1. The lowest BCUT2D eigenvalue weighted by atomic mass is 9.61. The van der Waals surface area contributed by atoms with Crippen LogP contribution in [0.4, 0.5) is 0 Å². The average molecular weight is 278 g/mol. The Kier molecular flexibility index (Phi) is 4.00. The summed E-state index contributed by atoms with van der Waals surface area (Å²) in [5.74, 6) is 0. The zero-order valence-electron chi connectivity index (χ0n) is 10.1. The van der Waals surface area contributed by atoms with Crippen molar-refractivity contribution in [3.63, 3.8) is 0 Å². The van der Waals surface area contributed by atoms with Gasteiger partial charge in [-0.25, -0.2) is 4.79 Å². The quantitative estimate of drug-likeness (QED) is 0.490. The van der Waals surface area contributed by atoms with Crippen LogP contribution in [0.2, 0.25) is 0 Å². The molecule has 1 aliphatic rings. The first-order chi connectivity index (χ1) is 8.82. The summed E-state index contributed by atoms with van der Waals surface area (Å²) >= 11 is 4.91. The van der Waals surface area contributed by atoms with Gasteiger partial charge in [0, 0.05) is 17.2 Å². The van der Waals surface area contributed by atoms with Crippen molar-refractivity contribution < 1.29 is 14.9 Å². The number of aromatic amines is 1. The van der Waals surface area contributed by atoms with E-state index in [1.807, 2.05) is 0 Å². The Morgan fingerprint density at radius 3 is 2.79 bits per heavy atom. The van der Waals surface area contributed by atoms with Crippen molar-refractivity contribution in [3.05, 3.63) is 26.9 Å². The maximum atomic E-state index is 11.8. The fraction of sp³-hybridized carbons (Fsp3) is 0.600. The fourth-order valence-corrected chi connectivity index (χ4v) is 2.22. The van der Waals surface area contributed by atoms with Gasteiger partial charge in [-0.1, -0.05) is 12.2 Å². The van der Waals surface area contributed by atoms with E-state index in [1.165, 1.54) is 10.8 Å². The molecule has 1 aromatic rings. The Balaban J connectivity index is 2.30. The van der Waals surface area contributed by atoms with Crippen molar-refractivity contribution >= 4 is 27.9 Å². The molecule has 0 saturated carbocycles. The van der Waals surface area contributed by atoms with Gasteiger partial charge in [-0.2, -0.15) is 0 Å². The zero-order valence-corrected chi connectivity index (χ0v) is 10.9. The second-order valence-corrected chi connectivity index (χ2v) is 4.93. The van der Waals surface area contributed by atoms with Crippen LogP contribution in [-0.4, -0.2) is 47.0 Å². The van der Waals surface area contributed by atoms with E-state index in [0.29, 0.717) is 18.4 Å². The van der Waals surface area contributed by atoms with E-state index in [4.69, 9.17) is 37.8 Å². The highest BCUT2D eigenvalue weighted by Gasteiger charge is 2.35. The Labute approximate surface area is 117 Å². The topological polar surface area (TPSA) is 87.5 Å². The van der Waals surface area contributed by atoms with Gasteiger partial charge < -0.3 is 14.9 Å². The van der Waals surface area contributed by atoms with Gasteiger partial charge in [0.25, 0.3) is 0 Å². The molecule has 6 nitrogen and oxygen atoms in total. The van der Waals surface area contributed by atoms with E-state index in [1.54, 1.807) is 0 Å². The third kappa shape index (κ3) is 3.00. The number of nitrogens with one attached hydrogen (secondary N) is 1. The van der Waals surface area contributed by atoms with Gasteiger partial charge in [-0.3, -0.25) is 9.55 Å². The molecule has 9 heteroatoms. The first-order valence-electron chi connectivity index (χ1n) is 5.73. The lowest BCUT2D eigenvalue weighted by Crippen LogP contribution is -2.43. The standard InChI is InChI=1S/C10H12B2N2O4S/c11-10(12,17)6-1-2-7(18-6)14-3-5(4-15)8(19)13-9(14)16/h3,6-7,15,17H,1-2,4H2,(H,13,16,19). The van der Waals surface area contributed by atoms with Gasteiger partial charge >= 0.3 is 5.69 Å². The van der Waals surface area contributed by atoms with E-state index < -0.39 is 23.4 Å². The molecule has 2 atom stereocenters. The van der Waals surface area contributed by atoms with Crippen LogP contribution in [0.3, 0.4) is 0 Å². The van der Waals surface area contributed by atoms with Crippen molar-refractivity contribution in [1.82, 2.24) is 9.55 Å². The van der Waals surface area contributed by atoms with Crippen LogP contribution < -0.4 is 5.69 Å². The van der Waals surface area contributed by atoms with Crippen molar-refractivity contribution in [3.8, 4) is 0 Å². The summed E-state index contributed by atoms with van der Waals surface area (Å²) in [6.07, 6.45) is 0.959. The van der Waals surface area contributed by atoms with E-state index >= 15 is 0 Å². The molecule has 2 rings (SSSR count). The molecule has 2 heterocycles. The smallest absolute Gasteiger partial charge is 0.328 e. The molecule has 3 N–H and O–H groups in total. The molecule has 98 valence electrons. The van der Waals surface area contributed by atoms with E-state index in [2.05, 4.69) is 4.98 Å². The minimum absolute atomic E-state index is 0.187. The van der Waals surface area contributed by atoms with Crippen molar-refractivity contribution in [2.24, 2.45) is 0 Å². The van der Waals surface area contributed by atoms with Crippen LogP contribution in [0, 0.1) is 4.64 Å². The Bertz CT molecular complexity index is 580. The van der Waals surface area contributed by atoms with Crippen molar-refractivity contribution in [2.45, 2.75) is 37.2 Å². The second-order valence-electron chi connectivity index (χ2n) is 4.52. The molecule has 1 aliphatic heterocycles. The van der Waals surface area contributed by atoms with Crippen LogP contribution in [0.25, 0.3) is 0 Å². The van der Waals surface area contributed by atoms with Crippen LogP contribution in [0.5, 0.6) is 0 Å². The molecule has 0 aromatic carbocycles. The van der Waals surface area contributed by atoms with Crippen LogP contribution in [0.1, 0.15) is 24.6 Å². The molecule has 19 heavy (non-hydrogen) atoms. The number of rotatable bonds is 3. The number of H-pyrrole nitrogens is 1. The third-order valence-electron chi connectivity index (χ3n) is 3.04. The minimum atomic E-state index is -1.94. The fourth-order valence-electron chi connectivity index (χ4n) is 2.02. The van der Waals surface area contributed by atoms with Crippen LogP contribution >= 0.6 is 12.2 Å². The van der Waals surface area contributed by atoms with Gasteiger partial charge in [0.15, 0.2) is 0 Å². The highest BCUT2D eigenvalue weighted by Crippen LogP contribution is 2.31. The summed E-state index contributed by atoms with van der Waals surface area (Å²) in [6.45, 7) is -0.288. The lowest BCUT2D eigenvalue weighted by Gasteiger charge is -2.27. The van der Waals surface area contributed by atoms with E-state index in [9.17, 15) is 9.90 Å². The summed E-state index contributed by atoms with van der Waals surface area (Å²) in [4.78, 5) is 14.3. The number of ether oxygens (including phenoxy) is 1. The van der Waals surface area contributed by atoms with E-state index in [0.717, 1.165) is 0 Å². The second kappa shape index (κ2) is 5.24. The summed E-state index contributed by atoms with van der Waals surface area (Å²) in [5.41, 5.74) is -0.0390. The van der Waals surface area contributed by atoms with Gasteiger partial charge in [0.2, 0.25) is 0 Å². The number of aliphatic hydroxyl groups excluding tert-OH is 1. The first-order valence-corrected chi connectivity index (χ1v) is 6.14. The Hall–Kier alpha value is -0.890. The Morgan fingerprint density at radius 1 is 1.58 bits per heavy atom. The number of aromatic nitrogens is 2. The number of hydrogen-bond acceptors (Lipinski definition) is 5. The summed E-state index contributed by atoms with van der Waals surface area (Å²) in [7, 11) is 10.7. The molecule has 1 fully saturated rings.